The minimum atomic E-state index is -3.62. The van der Waals surface area contributed by atoms with Crippen LogP contribution in [0.15, 0.2) is 315 Å². The molecule has 7 aliphatic rings. The molecule has 39 heteroatoms. The highest BCUT2D eigenvalue weighted by molar-refractivity contribution is 9.10. The molecule has 23 rings (SSSR count). The van der Waals surface area contributed by atoms with E-state index in [9.17, 15) is 33.7 Å². The second-order valence-electron chi connectivity index (χ2n) is 37.8. The van der Waals surface area contributed by atoms with Crippen LogP contribution >= 0.6 is 15.9 Å². The van der Waals surface area contributed by atoms with Crippen LogP contribution in [0.5, 0.6) is 0 Å². The molecule has 33 nitrogen and oxygen atoms in total. The van der Waals surface area contributed by atoms with Crippen molar-refractivity contribution in [1.82, 2.24) is 79.0 Å². The summed E-state index contributed by atoms with van der Waals surface area (Å²) < 4.78 is 145. The number of rotatable bonds is 21. The van der Waals surface area contributed by atoms with Crippen LogP contribution in [0.4, 0.5) is 0 Å². The second kappa shape index (κ2) is 46.2. The first-order valence-electron chi connectivity index (χ1n) is 48.2. The fourth-order valence-electron chi connectivity index (χ4n) is 15.9. The third-order valence-corrected chi connectivity index (χ3v) is 30.8. The molecule has 0 radical (unpaired) electrons. The number of aryl methyl sites for hydroxylation is 6. The Balaban J connectivity index is 0.000000122. The molecule has 0 saturated carbocycles. The van der Waals surface area contributed by atoms with Crippen molar-refractivity contribution in [3.63, 3.8) is 0 Å². The fourth-order valence-corrected chi connectivity index (χ4v) is 19.3. The monoisotopic (exact) mass is 2150 g/mol. The highest BCUT2D eigenvalue weighted by Crippen LogP contribution is 2.40. The molecule has 0 bridgehead atoms. The summed E-state index contributed by atoms with van der Waals surface area (Å²) >= 11 is 3.54. The largest absolute Gasteiger partial charge is 0.494 e. The van der Waals surface area contributed by atoms with Crippen molar-refractivity contribution in [3.8, 4) is 102 Å². The van der Waals surface area contributed by atoms with Crippen LogP contribution in [-0.4, -0.2) is 234 Å². The summed E-state index contributed by atoms with van der Waals surface area (Å²) in [4.78, 5) is 41.4. The van der Waals surface area contributed by atoms with E-state index in [4.69, 9.17) is 47.4 Å². The van der Waals surface area contributed by atoms with Gasteiger partial charge in [-0.05, 0) is 259 Å². The first-order valence-corrected chi connectivity index (χ1v) is 56.1. The molecule has 12 aromatic heterocycles. The van der Waals surface area contributed by atoms with Crippen molar-refractivity contribution in [2.45, 2.75) is 130 Å². The standard InChI is InChI=1S/2C24H22N4O3S.C18H22BNO4S.C12H12BrN3O.C12H13N3O.C10H10N2.C10H12O4S/c2*1-16-4-3-5-22(26-16)24-21(13-28(27-24)19-14-31-15-19)18-10-11-25-23(12-18)17-6-8-20(9-7-17)32(2,29)30;1-17(2)18(3,4)24-19(23-17)14-10-11-20-16(12-14)13-6-8-15(9-7-13)25(5,21)22;1-8-3-2-4-11(14-8)12-10(13)5-16(15-12)9-6-17-7-9;1-9-3-2-4-11(13-9)12-5-6-15(14-12)10-7-16-8-10;1-8-4-2-5-10(12-8)9-6-3-7-11-9;1-8-2-4-10(5-3-8)15(11,12)14-9-6-13-7-9/h2*3-13,19H,14-15H2,1-2H3;6-12H,1-5H3;2-5,9H,6-7H2,1H3;2-6,10H,7-8H2,1H3;2-6H,7H2,1H3;2-5,9H,6-7H2,1H3. The lowest BCUT2D eigenvalue weighted by Crippen LogP contribution is -2.41. The van der Waals surface area contributed by atoms with Crippen molar-refractivity contribution in [2.75, 3.05) is 91.4 Å². The van der Waals surface area contributed by atoms with Crippen LogP contribution < -0.4 is 5.46 Å². The van der Waals surface area contributed by atoms with Crippen molar-refractivity contribution in [1.29, 1.82) is 0 Å². The van der Waals surface area contributed by atoms with Gasteiger partial charge in [-0.1, -0.05) is 90.5 Å². The Hall–Kier alpha value is -13.6. The number of halogens is 1. The lowest BCUT2D eigenvalue weighted by molar-refractivity contribution is -0.0769. The number of nitrogens with zero attached hydrogens (tertiary/aromatic N) is 17. The summed E-state index contributed by atoms with van der Waals surface area (Å²) in [6.07, 6.45) is 20.6. The molecule has 6 saturated heterocycles. The second-order valence-corrected chi connectivity index (χ2v) is 46.3. The lowest BCUT2D eigenvalue weighted by atomic mass is 9.79. The van der Waals surface area contributed by atoms with Gasteiger partial charge in [0.2, 0.25) is 0 Å². The van der Waals surface area contributed by atoms with E-state index < -0.39 is 58.0 Å². The van der Waals surface area contributed by atoms with Crippen molar-refractivity contribution in [3.05, 3.63) is 330 Å². The van der Waals surface area contributed by atoms with E-state index in [2.05, 4.69) is 71.0 Å². The van der Waals surface area contributed by atoms with Gasteiger partial charge in [-0.25, -0.2) is 25.3 Å². The minimum Gasteiger partial charge on any atom is -0.399 e. The Kier molecular flexibility index (Phi) is 33.1. The van der Waals surface area contributed by atoms with Gasteiger partial charge in [-0.15, -0.1) is 0 Å². The van der Waals surface area contributed by atoms with Gasteiger partial charge in [0.15, 0.2) is 29.5 Å². The van der Waals surface area contributed by atoms with Crippen LogP contribution in [0.2, 0.25) is 0 Å². The van der Waals surface area contributed by atoms with E-state index in [1.54, 1.807) is 116 Å². The SMILES string of the molecule is CC1(C)OB(c2ccnc(-c3ccc(S(C)(=O)=O)cc3)c2)OC1(C)C.Cc1ccc(S(=O)(=O)OC2COC2)cc1.Cc1cccc(-c2ccn(C3COC3)n2)n1.Cc1cccc(-c2nn(C3COC3)cc2-c2ccnc(-c3ccc(S(C)(=O)=O)cc3)c2)n1.Cc1cccc(-c2nn(C3COC3)cc2-c2ccnc(-c3ccc(S(C)(=O)=O)cc3)c2)n1.Cc1cccc(-c2nn(C3COC3)cc2Br)n1.Cc1cccc(C2=NCC=C2)n1. The zero-order valence-electron chi connectivity index (χ0n) is 84.5. The van der Waals surface area contributed by atoms with Gasteiger partial charge in [-0.3, -0.25) is 67.8 Å². The number of allylic oxidation sites excluding steroid dienone is 1. The van der Waals surface area contributed by atoms with Crippen molar-refractivity contribution < 1.29 is 70.8 Å². The van der Waals surface area contributed by atoms with Gasteiger partial charge < -0.3 is 33.0 Å². The summed E-state index contributed by atoms with van der Waals surface area (Å²) in [5.41, 5.74) is 23.5. The Morgan fingerprint density at radius 3 is 1.09 bits per heavy atom. The van der Waals surface area contributed by atoms with Gasteiger partial charge in [0.1, 0.15) is 28.9 Å². The zero-order chi connectivity index (χ0) is 105. The van der Waals surface area contributed by atoms with E-state index in [0.717, 1.165) is 190 Å². The van der Waals surface area contributed by atoms with Crippen LogP contribution in [0.1, 0.15) is 91.6 Å². The quantitative estimate of drug-likeness (QED) is 0.0476. The number of hydrogen-bond donors (Lipinski definition) is 0. The Morgan fingerprint density at radius 1 is 0.356 bits per heavy atom. The summed E-state index contributed by atoms with van der Waals surface area (Å²) in [7, 11) is -13.8. The van der Waals surface area contributed by atoms with Gasteiger partial charge in [0.05, 0.1) is 183 Å². The molecular weight excluding hydrogens is 2030 g/mol. The minimum absolute atomic E-state index is 0.194. The maximum atomic E-state index is 11.8. The number of aliphatic imine (C=N–C) groups is 1. The van der Waals surface area contributed by atoms with Crippen LogP contribution in [0, 0.1) is 41.5 Å². The Bertz CT molecular complexity index is 7800. The number of ether oxygens (including phenoxy) is 5. The van der Waals surface area contributed by atoms with E-state index in [0.29, 0.717) is 56.6 Å². The predicted octanol–water partition coefficient (Wildman–Crippen LogP) is 17.6. The molecule has 0 N–H and O–H groups in total. The molecule has 0 aliphatic carbocycles. The van der Waals surface area contributed by atoms with E-state index >= 15 is 0 Å². The van der Waals surface area contributed by atoms with E-state index in [1.807, 2.05) is 258 Å². The highest BCUT2D eigenvalue weighted by atomic mass is 79.9. The number of aromatic nitrogens is 16. The molecule has 6 fully saturated rings. The maximum absolute atomic E-state index is 11.8. The van der Waals surface area contributed by atoms with Crippen molar-refractivity contribution in [2.24, 2.45) is 4.99 Å². The average molecular weight is 2150 g/mol. The number of hydrogen-bond acceptors (Lipinski definition) is 29. The van der Waals surface area contributed by atoms with Gasteiger partial charge in [0, 0.05) is 118 Å². The lowest BCUT2D eigenvalue weighted by Gasteiger charge is -2.32. The third-order valence-electron chi connectivity index (χ3n) is 25.4. The highest BCUT2D eigenvalue weighted by Gasteiger charge is 2.52. The van der Waals surface area contributed by atoms with Gasteiger partial charge in [0.25, 0.3) is 10.1 Å². The first kappa shape index (κ1) is 107. The molecule has 16 aromatic rings. The smallest absolute Gasteiger partial charge is 0.399 e. The molecular formula is C110H113BBrN17O16S4. The molecule has 768 valence electrons. The average Bonchev–Trinajstić information content (AvgIpc) is 1.62. The molecule has 149 heavy (non-hydrogen) atoms. The van der Waals surface area contributed by atoms with Gasteiger partial charge >= 0.3 is 7.12 Å². The number of pyridine rings is 8. The molecule has 0 spiro atoms. The first-order chi connectivity index (χ1) is 71.3. The molecule has 19 heterocycles. The topological polar surface area (TPSA) is 397 Å². The number of benzene rings is 4. The molecule has 4 aromatic carbocycles. The van der Waals surface area contributed by atoms with E-state index in [1.165, 1.54) is 18.8 Å². The summed E-state index contributed by atoms with van der Waals surface area (Å²) in [6.45, 7) is 27.0. The normalized spacial score (nSPS) is 15.9. The zero-order valence-corrected chi connectivity index (χ0v) is 89.4. The fraction of sp³-hybridized carbons (Fsp3) is 0.282. The third kappa shape index (κ3) is 26.8. The molecule has 7 aliphatic heterocycles. The predicted molar refractivity (Wildman–Crippen MR) is 574 cm³/mol. The number of sulfone groups is 3. The summed E-state index contributed by atoms with van der Waals surface area (Å²) in [5, 5.41) is 18.8. The molecule has 0 amide bonds. The van der Waals surface area contributed by atoms with Crippen LogP contribution in [0.3, 0.4) is 0 Å². The summed E-state index contributed by atoms with van der Waals surface area (Å²) in [5.74, 6) is 0. The van der Waals surface area contributed by atoms with Crippen molar-refractivity contribution >= 4 is 73.9 Å². The van der Waals surface area contributed by atoms with Crippen LogP contribution in [0.25, 0.3) is 102 Å². The Morgan fingerprint density at radius 2 is 0.711 bits per heavy atom. The van der Waals surface area contributed by atoms with Crippen LogP contribution in [-0.2, 0) is 76.8 Å². The Labute approximate surface area is 875 Å². The summed E-state index contributed by atoms with van der Waals surface area (Å²) in [6, 6.07) is 71.4. The maximum Gasteiger partial charge on any atom is 0.494 e. The van der Waals surface area contributed by atoms with Gasteiger partial charge in [-0.2, -0.15) is 28.8 Å². The molecule has 0 unspecified atom stereocenters. The molecule has 0 atom stereocenters. The van der Waals surface area contributed by atoms with E-state index in [-0.39, 0.29) is 32.9 Å².